The highest BCUT2D eigenvalue weighted by atomic mass is 32.1. The second-order valence-electron chi connectivity index (χ2n) is 16.2. The monoisotopic (exact) mass is 820 g/mol. The van der Waals surface area contributed by atoms with Crippen LogP contribution in [-0.2, 0) is 0 Å². The Bertz CT molecular complexity index is 3900. The van der Waals surface area contributed by atoms with Gasteiger partial charge in [-0.05, 0) is 107 Å². The number of hydrogen-bond donors (Lipinski definition) is 0. The molecule has 4 nitrogen and oxygen atoms in total. The summed E-state index contributed by atoms with van der Waals surface area (Å²) in [5.41, 5.74) is 15.7. The van der Waals surface area contributed by atoms with Gasteiger partial charge in [0, 0.05) is 54.1 Å². The Morgan fingerprint density at radius 1 is 0.317 bits per heavy atom. The minimum Gasteiger partial charge on any atom is -0.309 e. The standard InChI is InChI=1S/C58H36N4S/c1-4-15-37(16-5-1)55-57-56(60-58(59-55)42-28-31-53-48(36-42)46-24-11-13-26-51(46)62(53)44-21-8-3-9-22-44)49-35-41(29-32-54(49)63-57)39-18-14-17-38(33-39)40-27-30-52-47(34-40)45-23-10-12-25-50(45)61(52)43-19-6-2-7-20-43/h1-36H. The van der Waals surface area contributed by atoms with E-state index in [0.29, 0.717) is 0 Å². The van der Waals surface area contributed by atoms with E-state index in [2.05, 4.69) is 228 Å². The molecule has 0 amide bonds. The van der Waals surface area contributed by atoms with Crippen LogP contribution in [0.1, 0.15) is 0 Å². The zero-order valence-corrected chi connectivity index (χ0v) is 34.8. The molecule has 0 aliphatic rings. The van der Waals surface area contributed by atoms with Crippen molar-refractivity contribution in [2.45, 2.75) is 0 Å². The van der Waals surface area contributed by atoms with Crippen LogP contribution in [0.4, 0.5) is 0 Å². The van der Waals surface area contributed by atoms with Crippen molar-refractivity contribution in [3.63, 3.8) is 0 Å². The van der Waals surface area contributed by atoms with Crippen molar-refractivity contribution in [1.82, 2.24) is 19.1 Å². The van der Waals surface area contributed by atoms with Crippen molar-refractivity contribution in [2.24, 2.45) is 0 Å². The molecule has 4 heterocycles. The number of fused-ring (bicyclic) bond motifs is 9. The van der Waals surface area contributed by atoms with Gasteiger partial charge >= 0.3 is 0 Å². The fourth-order valence-electron chi connectivity index (χ4n) is 9.60. The third-order valence-corrected chi connectivity index (χ3v) is 13.7. The van der Waals surface area contributed by atoms with E-state index in [-0.39, 0.29) is 0 Å². The van der Waals surface area contributed by atoms with Crippen LogP contribution in [0.3, 0.4) is 0 Å². The maximum Gasteiger partial charge on any atom is 0.160 e. The summed E-state index contributed by atoms with van der Waals surface area (Å²) in [6, 6.07) is 78.5. The average Bonchev–Trinajstić information content (AvgIpc) is 4.01. The Kier molecular flexibility index (Phi) is 8.05. The number of rotatable bonds is 6. The molecule has 13 aromatic rings. The summed E-state index contributed by atoms with van der Waals surface area (Å²) >= 11 is 1.77. The van der Waals surface area contributed by atoms with Gasteiger partial charge in [0.25, 0.3) is 0 Å². The minimum atomic E-state index is 0.718. The van der Waals surface area contributed by atoms with E-state index >= 15 is 0 Å². The van der Waals surface area contributed by atoms with Crippen LogP contribution in [0.25, 0.3) is 120 Å². The van der Waals surface area contributed by atoms with Gasteiger partial charge in [-0.1, -0.05) is 133 Å². The first-order valence-corrected chi connectivity index (χ1v) is 22.1. The predicted molar refractivity (Wildman–Crippen MR) is 265 cm³/mol. The Hall–Kier alpha value is -8.12. The molecule has 0 N–H and O–H groups in total. The van der Waals surface area contributed by atoms with Gasteiger partial charge in [-0.25, -0.2) is 9.97 Å². The highest BCUT2D eigenvalue weighted by molar-refractivity contribution is 7.26. The van der Waals surface area contributed by atoms with E-state index in [9.17, 15) is 0 Å². The van der Waals surface area contributed by atoms with E-state index in [1.807, 2.05) is 0 Å². The summed E-state index contributed by atoms with van der Waals surface area (Å²) in [5.74, 6) is 0.718. The van der Waals surface area contributed by atoms with E-state index in [1.54, 1.807) is 11.3 Å². The lowest BCUT2D eigenvalue weighted by Crippen LogP contribution is -1.95. The van der Waals surface area contributed by atoms with E-state index in [4.69, 9.17) is 9.97 Å². The molecule has 5 heteroatoms. The molecule has 63 heavy (non-hydrogen) atoms. The zero-order valence-electron chi connectivity index (χ0n) is 34.0. The SMILES string of the molecule is c1ccc(-c2nc(-c3ccc4c(c3)c3ccccc3n4-c3ccccc3)nc3c2sc2ccc(-c4cccc(-c5ccc6c(c5)c5ccccc5n6-c5ccccc5)c4)cc23)cc1. The molecule has 0 atom stereocenters. The van der Waals surface area contributed by atoms with Gasteiger partial charge in [0.1, 0.15) is 0 Å². The second kappa shape index (κ2) is 14.2. The topological polar surface area (TPSA) is 35.6 Å². The van der Waals surface area contributed by atoms with Crippen LogP contribution in [0.15, 0.2) is 218 Å². The molecule has 9 aromatic carbocycles. The van der Waals surface area contributed by atoms with E-state index in [0.717, 1.165) is 60.7 Å². The third-order valence-electron chi connectivity index (χ3n) is 12.5. The molecule has 0 spiro atoms. The second-order valence-corrected chi connectivity index (χ2v) is 17.2. The molecule has 0 aliphatic carbocycles. The van der Waals surface area contributed by atoms with Crippen LogP contribution in [0, 0.1) is 0 Å². The van der Waals surface area contributed by atoms with Crippen molar-refractivity contribution in [2.75, 3.05) is 0 Å². The van der Waals surface area contributed by atoms with Gasteiger partial charge in [-0.15, -0.1) is 11.3 Å². The molecule has 0 bridgehead atoms. The summed E-state index contributed by atoms with van der Waals surface area (Å²) < 4.78 is 7.00. The number of benzene rings is 9. The van der Waals surface area contributed by atoms with Crippen molar-refractivity contribution < 1.29 is 0 Å². The Balaban J connectivity index is 0.950. The largest absolute Gasteiger partial charge is 0.309 e. The number of para-hydroxylation sites is 4. The van der Waals surface area contributed by atoms with Crippen LogP contribution < -0.4 is 0 Å². The lowest BCUT2D eigenvalue weighted by atomic mass is 9.97. The molecule has 0 unspecified atom stereocenters. The number of nitrogens with zero attached hydrogens (tertiary/aromatic N) is 4. The zero-order chi connectivity index (χ0) is 41.4. The summed E-state index contributed by atoms with van der Waals surface area (Å²) in [5, 5.41) is 6.01. The highest BCUT2D eigenvalue weighted by Crippen LogP contribution is 2.43. The van der Waals surface area contributed by atoms with E-state index in [1.165, 1.54) is 59.5 Å². The normalized spacial score (nSPS) is 11.8. The molecule has 0 saturated carbocycles. The van der Waals surface area contributed by atoms with Crippen molar-refractivity contribution in [1.29, 1.82) is 0 Å². The van der Waals surface area contributed by atoms with Crippen LogP contribution in [-0.4, -0.2) is 19.1 Å². The number of aromatic nitrogens is 4. The van der Waals surface area contributed by atoms with E-state index < -0.39 is 0 Å². The first-order valence-electron chi connectivity index (χ1n) is 21.3. The van der Waals surface area contributed by atoms with Gasteiger partial charge < -0.3 is 9.13 Å². The quantitative estimate of drug-likeness (QED) is 0.167. The molecule has 0 fully saturated rings. The summed E-state index contributed by atoms with van der Waals surface area (Å²) in [7, 11) is 0. The van der Waals surface area contributed by atoms with Gasteiger partial charge in [0.05, 0.1) is 38.0 Å². The van der Waals surface area contributed by atoms with Crippen molar-refractivity contribution in [3.8, 4) is 56.3 Å². The van der Waals surface area contributed by atoms with Gasteiger partial charge in [-0.3, -0.25) is 0 Å². The molecular weight excluding hydrogens is 785 g/mol. The molecule has 4 aromatic heterocycles. The summed E-state index contributed by atoms with van der Waals surface area (Å²) in [6.07, 6.45) is 0. The molecule has 0 radical (unpaired) electrons. The minimum absolute atomic E-state index is 0.718. The Morgan fingerprint density at radius 3 is 1.40 bits per heavy atom. The Labute approximate surface area is 367 Å². The van der Waals surface area contributed by atoms with Crippen molar-refractivity contribution >= 4 is 75.3 Å². The van der Waals surface area contributed by atoms with Crippen molar-refractivity contribution in [3.05, 3.63) is 218 Å². The summed E-state index contributed by atoms with van der Waals surface area (Å²) in [6.45, 7) is 0. The van der Waals surface area contributed by atoms with Crippen LogP contribution in [0.5, 0.6) is 0 Å². The molecule has 13 rings (SSSR count). The van der Waals surface area contributed by atoms with Crippen LogP contribution in [0.2, 0.25) is 0 Å². The fraction of sp³-hybridized carbons (Fsp3) is 0. The first kappa shape index (κ1) is 35.6. The lowest BCUT2D eigenvalue weighted by Gasteiger charge is -2.10. The van der Waals surface area contributed by atoms with Gasteiger partial charge in [-0.2, -0.15) is 0 Å². The number of hydrogen-bond acceptors (Lipinski definition) is 3. The maximum atomic E-state index is 5.44. The van der Waals surface area contributed by atoms with Crippen LogP contribution >= 0.6 is 11.3 Å². The molecule has 0 aliphatic heterocycles. The van der Waals surface area contributed by atoms with Gasteiger partial charge in [0.15, 0.2) is 5.82 Å². The number of thiophene rings is 1. The maximum absolute atomic E-state index is 5.44. The smallest absolute Gasteiger partial charge is 0.160 e. The Morgan fingerprint density at radius 2 is 0.778 bits per heavy atom. The molecule has 0 saturated heterocycles. The lowest BCUT2D eigenvalue weighted by molar-refractivity contribution is 1.18. The highest BCUT2D eigenvalue weighted by Gasteiger charge is 2.20. The van der Waals surface area contributed by atoms with Gasteiger partial charge in [0.2, 0.25) is 0 Å². The third kappa shape index (κ3) is 5.74. The summed E-state index contributed by atoms with van der Waals surface area (Å²) in [4.78, 5) is 10.8. The fourth-order valence-corrected chi connectivity index (χ4v) is 10.7. The average molecular weight is 821 g/mol. The molecular formula is C58H36N4S. The predicted octanol–water partition coefficient (Wildman–Crippen LogP) is 15.7. The molecule has 294 valence electrons. The first-order chi connectivity index (χ1) is 31.2.